The van der Waals surface area contributed by atoms with Crippen LogP contribution < -0.4 is 10.6 Å². The number of anilines is 1. The molecule has 2 aliphatic carbocycles. The van der Waals surface area contributed by atoms with Crippen LogP contribution in [0.3, 0.4) is 0 Å². The lowest BCUT2D eigenvalue weighted by atomic mass is 9.91. The van der Waals surface area contributed by atoms with Crippen molar-refractivity contribution in [3.05, 3.63) is 17.0 Å². The molecule has 6 heteroatoms. The van der Waals surface area contributed by atoms with Gasteiger partial charge in [-0.3, -0.25) is 0 Å². The van der Waals surface area contributed by atoms with Crippen molar-refractivity contribution in [1.82, 2.24) is 15.3 Å². The Bertz CT molecular complexity index is 647. The van der Waals surface area contributed by atoms with Gasteiger partial charge in [-0.25, -0.2) is 14.8 Å². The Morgan fingerprint density at radius 1 is 1.00 bits per heavy atom. The van der Waals surface area contributed by atoms with E-state index in [-0.39, 0.29) is 12.1 Å². The highest BCUT2D eigenvalue weighted by Crippen LogP contribution is 2.25. The number of aromatic nitrogens is 2. The number of hydrogen-bond acceptors (Lipinski definition) is 5. The molecule has 1 aromatic rings. The Balaban J connectivity index is 0.00000136. The molecule has 1 heterocycles. The summed E-state index contributed by atoms with van der Waals surface area (Å²) in [5.41, 5.74) is 3.25. The number of alkyl carbamates (subject to hydrolysis) is 1. The number of ether oxygens (including phenoxy) is 1. The second-order valence-electron chi connectivity index (χ2n) is 8.60. The Kier molecular flexibility index (Phi) is 8.08. The van der Waals surface area contributed by atoms with Crippen LogP contribution in [-0.2, 0) is 17.6 Å². The molecule has 1 fully saturated rings. The van der Waals surface area contributed by atoms with Crippen LogP contribution in [0.5, 0.6) is 0 Å². The van der Waals surface area contributed by atoms with Gasteiger partial charge in [-0.05, 0) is 84.6 Å². The molecule has 0 spiro atoms. The molecule has 0 bridgehead atoms. The molecule has 0 atom stereocenters. The summed E-state index contributed by atoms with van der Waals surface area (Å²) in [4.78, 5) is 21.3. The van der Waals surface area contributed by atoms with Gasteiger partial charge in [0.1, 0.15) is 5.60 Å². The lowest BCUT2D eigenvalue weighted by Gasteiger charge is -2.30. The maximum absolute atomic E-state index is 11.9. The minimum atomic E-state index is -0.454. The average molecular weight is 391 g/mol. The number of aryl methyl sites for hydroxylation is 2. The molecule has 0 radical (unpaired) electrons. The van der Waals surface area contributed by atoms with E-state index in [1.165, 1.54) is 24.1 Å². The molecule has 28 heavy (non-hydrogen) atoms. The van der Waals surface area contributed by atoms with Crippen molar-refractivity contribution in [2.45, 2.75) is 111 Å². The summed E-state index contributed by atoms with van der Waals surface area (Å²) in [6.07, 6.45) is 8.23. The number of amides is 1. The minimum Gasteiger partial charge on any atom is -0.444 e. The molecule has 1 amide bonds. The van der Waals surface area contributed by atoms with Gasteiger partial charge in [0, 0.05) is 23.5 Å². The van der Waals surface area contributed by atoms with Crippen molar-refractivity contribution >= 4 is 12.0 Å². The Labute approximate surface area is 170 Å². The third-order valence-electron chi connectivity index (χ3n) is 5.17. The molecule has 0 unspecified atom stereocenters. The fourth-order valence-electron chi connectivity index (χ4n) is 3.89. The summed E-state index contributed by atoms with van der Waals surface area (Å²) in [5, 5.41) is 6.51. The zero-order valence-electron chi connectivity index (χ0n) is 18.5. The molecule has 1 saturated carbocycles. The van der Waals surface area contributed by atoms with Gasteiger partial charge >= 0.3 is 6.09 Å². The van der Waals surface area contributed by atoms with Gasteiger partial charge < -0.3 is 15.4 Å². The molecule has 2 N–H and O–H groups in total. The van der Waals surface area contributed by atoms with Crippen LogP contribution >= 0.6 is 0 Å². The van der Waals surface area contributed by atoms with E-state index in [1.54, 1.807) is 0 Å². The molecular formula is C22H38N4O2. The van der Waals surface area contributed by atoms with E-state index in [1.807, 2.05) is 34.6 Å². The van der Waals surface area contributed by atoms with E-state index >= 15 is 0 Å². The normalized spacial score (nSPS) is 21.6. The summed E-state index contributed by atoms with van der Waals surface area (Å²) in [6, 6.07) is 0.557. The van der Waals surface area contributed by atoms with Crippen LogP contribution in [0.15, 0.2) is 0 Å². The first-order chi connectivity index (χ1) is 13.3. The van der Waals surface area contributed by atoms with Crippen molar-refractivity contribution < 1.29 is 9.53 Å². The topological polar surface area (TPSA) is 76.1 Å². The molecule has 0 aromatic carbocycles. The molecule has 6 nitrogen and oxygen atoms in total. The standard InChI is InChI=1S/C20H32N4O2.C2H6/c1-13-16-7-5-6-8-17(16)24-18(21-13)22-14-9-11-15(12-10-14)23-19(25)26-20(2,3)4;1-2/h14-15H,5-12H2,1-4H3,(H,23,25)(H,21,22,24);1-2H3. The highest BCUT2D eigenvalue weighted by Gasteiger charge is 2.25. The maximum atomic E-state index is 11.9. The van der Waals surface area contributed by atoms with E-state index in [9.17, 15) is 4.79 Å². The molecule has 0 saturated heterocycles. The van der Waals surface area contributed by atoms with E-state index in [0.29, 0.717) is 6.04 Å². The van der Waals surface area contributed by atoms with Gasteiger partial charge in [0.25, 0.3) is 0 Å². The van der Waals surface area contributed by atoms with Crippen LogP contribution in [0, 0.1) is 6.92 Å². The maximum Gasteiger partial charge on any atom is 0.407 e. The smallest absolute Gasteiger partial charge is 0.407 e. The zero-order chi connectivity index (χ0) is 20.7. The molecule has 158 valence electrons. The number of rotatable bonds is 3. The molecule has 0 aliphatic heterocycles. The summed E-state index contributed by atoms with van der Waals surface area (Å²) in [6.45, 7) is 11.7. The highest BCUT2D eigenvalue weighted by molar-refractivity contribution is 5.68. The van der Waals surface area contributed by atoms with E-state index in [2.05, 4.69) is 22.5 Å². The fraction of sp³-hybridized carbons (Fsp3) is 0.773. The summed E-state index contributed by atoms with van der Waals surface area (Å²) in [7, 11) is 0. The second-order valence-corrected chi connectivity index (χ2v) is 8.60. The van der Waals surface area contributed by atoms with Gasteiger partial charge in [0.15, 0.2) is 0 Å². The van der Waals surface area contributed by atoms with Gasteiger partial charge in [-0.15, -0.1) is 0 Å². The van der Waals surface area contributed by atoms with Gasteiger partial charge in [-0.1, -0.05) is 13.8 Å². The molecular weight excluding hydrogens is 352 g/mol. The Hall–Kier alpha value is -1.85. The number of nitrogens with one attached hydrogen (secondary N) is 2. The van der Waals surface area contributed by atoms with Crippen LogP contribution in [-0.4, -0.2) is 33.7 Å². The summed E-state index contributed by atoms with van der Waals surface area (Å²) >= 11 is 0. The minimum absolute atomic E-state index is 0.189. The molecule has 2 aliphatic rings. The summed E-state index contributed by atoms with van der Waals surface area (Å²) in [5.74, 6) is 0.770. The lowest BCUT2D eigenvalue weighted by molar-refractivity contribution is 0.0492. The first kappa shape index (κ1) is 22.4. The largest absolute Gasteiger partial charge is 0.444 e. The predicted molar refractivity (Wildman–Crippen MR) is 114 cm³/mol. The predicted octanol–water partition coefficient (Wildman–Crippen LogP) is 4.94. The van der Waals surface area contributed by atoms with Crippen molar-refractivity contribution in [1.29, 1.82) is 0 Å². The monoisotopic (exact) mass is 390 g/mol. The van der Waals surface area contributed by atoms with Crippen LogP contribution in [0.1, 0.15) is 90.1 Å². The van der Waals surface area contributed by atoms with Gasteiger partial charge in [0.2, 0.25) is 5.95 Å². The number of fused-ring (bicyclic) bond motifs is 1. The Morgan fingerprint density at radius 3 is 2.25 bits per heavy atom. The van der Waals surface area contributed by atoms with E-state index in [0.717, 1.165) is 50.2 Å². The van der Waals surface area contributed by atoms with Crippen LogP contribution in [0.4, 0.5) is 10.7 Å². The number of carbonyl (C=O) groups is 1. The van der Waals surface area contributed by atoms with Crippen LogP contribution in [0.25, 0.3) is 0 Å². The zero-order valence-corrected chi connectivity index (χ0v) is 18.5. The van der Waals surface area contributed by atoms with Crippen LogP contribution in [0.2, 0.25) is 0 Å². The van der Waals surface area contributed by atoms with Crippen molar-refractivity contribution in [3.8, 4) is 0 Å². The van der Waals surface area contributed by atoms with Gasteiger partial charge in [0.05, 0.1) is 0 Å². The quantitative estimate of drug-likeness (QED) is 0.764. The third kappa shape index (κ3) is 6.64. The van der Waals surface area contributed by atoms with Crippen molar-refractivity contribution in [3.63, 3.8) is 0 Å². The number of nitrogens with zero attached hydrogens (tertiary/aromatic N) is 2. The van der Waals surface area contributed by atoms with E-state index < -0.39 is 5.60 Å². The average Bonchev–Trinajstić information content (AvgIpc) is 2.63. The SMILES string of the molecule is CC.Cc1nc(NC2CCC(NC(=O)OC(C)(C)C)CC2)nc2c1CCCC2. The third-order valence-corrected chi connectivity index (χ3v) is 5.17. The first-order valence-corrected chi connectivity index (χ1v) is 10.9. The number of carbonyl (C=O) groups excluding carboxylic acids is 1. The first-order valence-electron chi connectivity index (χ1n) is 10.9. The van der Waals surface area contributed by atoms with E-state index in [4.69, 9.17) is 9.72 Å². The number of hydrogen-bond donors (Lipinski definition) is 2. The van der Waals surface area contributed by atoms with Crippen molar-refractivity contribution in [2.75, 3.05) is 5.32 Å². The van der Waals surface area contributed by atoms with Gasteiger partial charge in [-0.2, -0.15) is 0 Å². The molecule has 3 rings (SSSR count). The highest BCUT2D eigenvalue weighted by atomic mass is 16.6. The second kappa shape index (κ2) is 10.1. The Morgan fingerprint density at radius 2 is 1.61 bits per heavy atom. The fourth-order valence-corrected chi connectivity index (χ4v) is 3.89. The van der Waals surface area contributed by atoms with Crippen molar-refractivity contribution in [2.24, 2.45) is 0 Å². The lowest BCUT2D eigenvalue weighted by Crippen LogP contribution is -2.42. The molecule has 1 aromatic heterocycles. The summed E-state index contributed by atoms with van der Waals surface area (Å²) < 4.78 is 5.34.